The van der Waals surface area contributed by atoms with Gasteiger partial charge in [-0.3, -0.25) is 9.59 Å². The molecule has 0 aromatic rings. The monoisotopic (exact) mass is 436 g/mol. The minimum absolute atomic E-state index is 0.0197. The predicted octanol–water partition coefficient (Wildman–Crippen LogP) is 4.43. The molecule has 0 bridgehead atoms. The zero-order valence-electron chi connectivity index (χ0n) is 19.9. The summed E-state index contributed by atoms with van der Waals surface area (Å²) in [5.74, 6) is -0.909. The van der Waals surface area contributed by atoms with Crippen LogP contribution in [0.4, 0.5) is 0 Å². The van der Waals surface area contributed by atoms with Crippen LogP contribution in [0.15, 0.2) is 0 Å². The first-order valence-electron chi connectivity index (χ1n) is 12.2. The van der Waals surface area contributed by atoms with Crippen LogP contribution in [0.3, 0.4) is 0 Å². The van der Waals surface area contributed by atoms with E-state index in [1.165, 1.54) is 0 Å². The molecule has 176 valence electrons. The van der Waals surface area contributed by atoms with Crippen molar-refractivity contribution in [3.63, 3.8) is 0 Å². The molecule has 0 aromatic carbocycles. The van der Waals surface area contributed by atoms with Crippen molar-refractivity contribution in [2.45, 2.75) is 110 Å². The molecule has 0 radical (unpaired) electrons. The average molecular weight is 437 g/mol. The van der Waals surface area contributed by atoms with Gasteiger partial charge in [-0.2, -0.15) is 0 Å². The van der Waals surface area contributed by atoms with Crippen molar-refractivity contribution in [3.8, 4) is 0 Å². The van der Waals surface area contributed by atoms with Crippen molar-refractivity contribution >= 4 is 11.9 Å². The van der Waals surface area contributed by atoms with Crippen molar-refractivity contribution in [3.05, 3.63) is 0 Å². The van der Waals surface area contributed by atoms with Crippen molar-refractivity contribution in [2.75, 3.05) is 13.2 Å². The van der Waals surface area contributed by atoms with Crippen molar-refractivity contribution in [2.24, 2.45) is 22.7 Å². The van der Waals surface area contributed by atoms with E-state index in [9.17, 15) is 9.59 Å². The molecule has 4 atom stereocenters. The van der Waals surface area contributed by atoms with Crippen LogP contribution >= 0.6 is 0 Å². The van der Waals surface area contributed by atoms with E-state index in [4.69, 9.17) is 18.9 Å². The lowest BCUT2D eigenvalue weighted by Crippen LogP contribution is -2.46. The number of fused-ring (bicyclic) bond motifs is 1. The zero-order chi connectivity index (χ0) is 22.4. The first kappa shape index (κ1) is 23.0. The standard InChI is InChI=1S/C25H40O6/c1-23(2)10-6-16(7-11-23)21(26)31-19-15-29-25(5)18(14-28-20(19)25)22(27)30-17-8-12-24(3,4)13-9-17/h16-20H,6-15H2,1-5H3/t18-,19?,20-,25-/m1/s1. The highest BCUT2D eigenvalue weighted by Crippen LogP contribution is 2.45. The second-order valence-corrected chi connectivity index (χ2v) is 12.0. The molecule has 2 saturated carbocycles. The van der Waals surface area contributed by atoms with Crippen LogP contribution in [0.1, 0.15) is 86.0 Å². The lowest BCUT2D eigenvalue weighted by Gasteiger charge is -2.35. The minimum atomic E-state index is -0.801. The summed E-state index contributed by atoms with van der Waals surface area (Å²) >= 11 is 0. The Kier molecular flexibility index (Phi) is 6.19. The molecular formula is C25H40O6. The summed E-state index contributed by atoms with van der Waals surface area (Å²) in [6.45, 7) is 11.5. The van der Waals surface area contributed by atoms with Crippen LogP contribution in [0.2, 0.25) is 0 Å². The summed E-state index contributed by atoms with van der Waals surface area (Å²) < 4.78 is 23.7. The van der Waals surface area contributed by atoms with Crippen LogP contribution in [0.25, 0.3) is 0 Å². The van der Waals surface area contributed by atoms with E-state index in [2.05, 4.69) is 27.7 Å². The molecule has 2 aliphatic heterocycles. The third-order valence-electron chi connectivity index (χ3n) is 8.39. The van der Waals surface area contributed by atoms with E-state index in [0.717, 1.165) is 51.4 Å². The maximum absolute atomic E-state index is 13.0. The second kappa shape index (κ2) is 8.33. The molecule has 0 spiro atoms. The zero-order valence-corrected chi connectivity index (χ0v) is 19.9. The number of hydrogen-bond acceptors (Lipinski definition) is 6. The molecule has 0 N–H and O–H groups in total. The lowest BCUT2D eigenvalue weighted by molar-refractivity contribution is -0.165. The molecule has 6 nitrogen and oxygen atoms in total. The summed E-state index contributed by atoms with van der Waals surface area (Å²) in [5, 5.41) is 0. The number of ether oxygens (including phenoxy) is 4. The quantitative estimate of drug-likeness (QED) is 0.607. The third kappa shape index (κ3) is 4.80. The number of hydrogen-bond donors (Lipinski definition) is 0. The Morgan fingerprint density at radius 3 is 1.97 bits per heavy atom. The van der Waals surface area contributed by atoms with E-state index in [1.54, 1.807) is 0 Å². The molecule has 4 aliphatic rings. The number of carbonyl (C=O) groups is 2. The highest BCUT2D eigenvalue weighted by molar-refractivity contribution is 5.75. The third-order valence-corrected chi connectivity index (χ3v) is 8.39. The molecule has 2 aliphatic carbocycles. The summed E-state index contributed by atoms with van der Waals surface area (Å²) in [5.41, 5.74) is -0.164. The molecule has 0 amide bonds. The highest BCUT2D eigenvalue weighted by Gasteiger charge is 2.61. The van der Waals surface area contributed by atoms with Gasteiger partial charge in [-0.1, -0.05) is 27.7 Å². The van der Waals surface area contributed by atoms with Crippen LogP contribution in [0, 0.1) is 22.7 Å². The summed E-state index contributed by atoms with van der Waals surface area (Å²) in [6.07, 6.45) is 6.88. The Hall–Kier alpha value is -1.14. The summed E-state index contributed by atoms with van der Waals surface area (Å²) in [6, 6.07) is 0. The SMILES string of the molecule is CC1(C)CCC(OC(=O)[C@H]2CO[C@@H]3C(OC(=O)C4CCC(C)(C)CC4)CO[C@]23C)CC1. The highest BCUT2D eigenvalue weighted by atomic mass is 16.6. The maximum atomic E-state index is 13.0. The molecule has 31 heavy (non-hydrogen) atoms. The maximum Gasteiger partial charge on any atom is 0.314 e. The normalized spacial score (nSPS) is 37.9. The van der Waals surface area contributed by atoms with Gasteiger partial charge in [-0.05, 0) is 69.1 Å². The topological polar surface area (TPSA) is 71.1 Å². The fourth-order valence-electron chi connectivity index (χ4n) is 5.75. The molecular weight excluding hydrogens is 396 g/mol. The molecule has 4 rings (SSSR count). The fourth-order valence-corrected chi connectivity index (χ4v) is 5.75. The first-order valence-corrected chi connectivity index (χ1v) is 12.2. The lowest BCUT2D eigenvalue weighted by atomic mass is 9.73. The van der Waals surface area contributed by atoms with Crippen LogP contribution in [-0.4, -0.2) is 49.1 Å². The van der Waals surface area contributed by atoms with Gasteiger partial charge in [0, 0.05) is 0 Å². The average Bonchev–Trinajstić information content (AvgIpc) is 3.18. The Morgan fingerprint density at radius 2 is 1.35 bits per heavy atom. The number of esters is 2. The van der Waals surface area contributed by atoms with E-state index >= 15 is 0 Å². The van der Waals surface area contributed by atoms with E-state index < -0.39 is 23.7 Å². The Bertz CT molecular complexity index is 680. The van der Waals surface area contributed by atoms with Gasteiger partial charge >= 0.3 is 11.9 Å². The molecule has 2 saturated heterocycles. The summed E-state index contributed by atoms with van der Waals surface area (Å²) in [7, 11) is 0. The molecule has 0 aromatic heterocycles. The first-order chi connectivity index (χ1) is 14.5. The van der Waals surface area contributed by atoms with Crippen molar-refractivity contribution in [1.82, 2.24) is 0 Å². The fraction of sp³-hybridized carbons (Fsp3) is 0.920. The number of rotatable bonds is 4. The van der Waals surface area contributed by atoms with E-state index in [0.29, 0.717) is 10.8 Å². The molecule has 4 fully saturated rings. The Morgan fingerprint density at radius 1 is 0.774 bits per heavy atom. The smallest absolute Gasteiger partial charge is 0.314 e. The van der Waals surface area contributed by atoms with Crippen molar-refractivity contribution in [1.29, 1.82) is 0 Å². The molecule has 6 heteroatoms. The Labute approximate surface area is 186 Å². The van der Waals surface area contributed by atoms with Gasteiger partial charge < -0.3 is 18.9 Å². The number of carbonyl (C=O) groups excluding carboxylic acids is 2. The van der Waals surface area contributed by atoms with Gasteiger partial charge in [-0.15, -0.1) is 0 Å². The predicted molar refractivity (Wildman–Crippen MR) is 115 cm³/mol. The second-order valence-electron chi connectivity index (χ2n) is 12.0. The molecule has 1 unspecified atom stereocenters. The van der Waals surface area contributed by atoms with Gasteiger partial charge in [0.2, 0.25) is 0 Å². The van der Waals surface area contributed by atoms with Crippen molar-refractivity contribution < 1.29 is 28.5 Å². The largest absolute Gasteiger partial charge is 0.462 e. The van der Waals surface area contributed by atoms with Gasteiger partial charge in [0.25, 0.3) is 0 Å². The van der Waals surface area contributed by atoms with Crippen LogP contribution < -0.4 is 0 Å². The minimum Gasteiger partial charge on any atom is -0.462 e. The molecule has 2 heterocycles. The van der Waals surface area contributed by atoms with Crippen LogP contribution in [0.5, 0.6) is 0 Å². The van der Waals surface area contributed by atoms with Gasteiger partial charge in [-0.25, -0.2) is 0 Å². The van der Waals surface area contributed by atoms with Gasteiger partial charge in [0.15, 0.2) is 6.10 Å². The summed E-state index contributed by atoms with van der Waals surface area (Å²) in [4.78, 5) is 25.7. The van der Waals surface area contributed by atoms with E-state index in [1.807, 2.05) is 6.92 Å². The van der Waals surface area contributed by atoms with Crippen LogP contribution in [-0.2, 0) is 28.5 Å². The van der Waals surface area contributed by atoms with E-state index in [-0.39, 0.29) is 37.2 Å². The van der Waals surface area contributed by atoms with Gasteiger partial charge in [0.05, 0.1) is 19.1 Å². The van der Waals surface area contributed by atoms with Gasteiger partial charge in [0.1, 0.15) is 23.7 Å². The Balaban J connectivity index is 1.31.